The molecule has 0 unspecified atom stereocenters. The van der Waals surface area contributed by atoms with Crippen molar-refractivity contribution in [3.05, 3.63) is 54.1 Å². The van der Waals surface area contributed by atoms with Gasteiger partial charge in [0.05, 0.1) is 12.1 Å². The maximum absolute atomic E-state index is 13.6. The average molecular weight is 358 g/mol. The van der Waals surface area contributed by atoms with Gasteiger partial charge in [0.25, 0.3) is 0 Å². The molecule has 1 atom stereocenters. The van der Waals surface area contributed by atoms with Gasteiger partial charge in [-0.3, -0.25) is 4.79 Å². The number of carbonyl (C=O) groups is 1. The van der Waals surface area contributed by atoms with Gasteiger partial charge in [0, 0.05) is 31.9 Å². The fourth-order valence-electron chi connectivity index (χ4n) is 3.18. The van der Waals surface area contributed by atoms with Crippen LogP contribution in [-0.4, -0.2) is 46.2 Å². The van der Waals surface area contributed by atoms with Crippen LogP contribution in [0.3, 0.4) is 0 Å². The van der Waals surface area contributed by atoms with Crippen LogP contribution in [0.15, 0.2) is 42.7 Å². The van der Waals surface area contributed by atoms with Crippen molar-refractivity contribution < 1.29 is 14.3 Å². The molecular formula is C19H23FN4O2. The third kappa shape index (κ3) is 4.76. The Labute approximate surface area is 152 Å². The van der Waals surface area contributed by atoms with Crippen LogP contribution in [-0.2, 0) is 11.2 Å². The summed E-state index contributed by atoms with van der Waals surface area (Å²) < 4.78 is 13.6. The Morgan fingerprint density at radius 1 is 1.27 bits per heavy atom. The number of carbonyl (C=O) groups excluding carboxylic acids is 1. The third-order valence-corrected chi connectivity index (χ3v) is 4.58. The number of hydrogen-bond donors (Lipinski definition) is 2. The molecule has 1 aliphatic rings. The number of β-amino-alcohol motifs (C(OH)–C–C–N with tert-alkyl or cyclic N) is 1. The number of halogens is 1. The lowest BCUT2D eigenvalue weighted by molar-refractivity contribution is -0.122. The first-order chi connectivity index (χ1) is 12.6. The number of amides is 1. The van der Waals surface area contributed by atoms with E-state index in [4.69, 9.17) is 0 Å². The smallest absolute Gasteiger partial charge is 0.225 e. The van der Waals surface area contributed by atoms with E-state index in [0.717, 1.165) is 13.0 Å². The van der Waals surface area contributed by atoms with E-state index >= 15 is 0 Å². The molecule has 0 radical (unpaired) electrons. The van der Waals surface area contributed by atoms with Gasteiger partial charge in [-0.25, -0.2) is 14.4 Å². The molecule has 1 aromatic carbocycles. The van der Waals surface area contributed by atoms with Crippen molar-refractivity contribution in [2.45, 2.75) is 31.3 Å². The highest BCUT2D eigenvalue weighted by Gasteiger charge is 2.34. The van der Waals surface area contributed by atoms with Crippen LogP contribution in [0.2, 0.25) is 0 Å². The lowest BCUT2D eigenvalue weighted by Crippen LogP contribution is -2.54. The number of anilines is 1. The summed E-state index contributed by atoms with van der Waals surface area (Å²) in [7, 11) is 0. The van der Waals surface area contributed by atoms with E-state index in [1.54, 1.807) is 36.7 Å². The minimum atomic E-state index is -1.02. The summed E-state index contributed by atoms with van der Waals surface area (Å²) >= 11 is 0. The summed E-state index contributed by atoms with van der Waals surface area (Å²) in [6.45, 7) is 1.30. The van der Waals surface area contributed by atoms with E-state index < -0.39 is 5.60 Å². The second-order valence-electron chi connectivity index (χ2n) is 6.67. The Morgan fingerprint density at radius 3 is 2.81 bits per heavy atom. The van der Waals surface area contributed by atoms with Crippen molar-refractivity contribution in [1.29, 1.82) is 0 Å². The summed E-state index contributed by atoms with van der Waals surface area (Å²) in [4.78, 5) is 22.4. The van der Waals surface area contributed by atoms with Crippen molar-refractivity contribution in [1.82, 2.24) is 15.3 Å². The first-order valence-electron chi connectivity index (χ1n) is 8.80. The zero-order valence-electron chi connectivity index (χ0n) is 14.6. The number of aryl methyl sites for hydroxylation is 1. The number of nitrogens with zero attached hydrogens (tertiary/aromatic N) is 3. The molecule has 2 aromatic rings. The lowest BCUT2D eigenvalue weighted by Gasteiger charge is -2.39. The summed E-state index contributed by atoms with van der Waals surface area (Å²) in [5.41, 5.74) is -0.503. The van der Waals surface area contributed by atoms with Crippen LogP contribution in [0.5, 0.6) is 0 Å². The number of hydrogen-bond acceptors (Lipinski definition) is 5. The zero-order chi connectivity index (χ0) is 18.4. The molecule has 1 fully saturated rings. The highest BCUT2D eigenvalue weighted by atomic mass is 19.1. The first kappa shape index (κ1) is 18.3. The Kier molecular flexibility index (Phi) is 5.78. The van der Waals surface area contributed by atoms with Crippen LogP contribution in [0.4, 0.5) is 10.3 Å². The summed E-state index contributed by atoms with van der Waals surface area (Å²) in [6, 6.07) is 8.18. The molecule has 1 aromatic heterocycles. The maximum Gasteiger partial charge on any atom is 0.225 e. The van der Waals surface area contributed by atoms with E-state index in [9.17, 15) is 14.3 Å². The van der Waals surface area contributed by atoms with Gasteiger partial charge in [-0.05, 0) is 37.0 Å². The number of rotatable bonds is 6. The second kappa shape index (κ2) is 8.23. The molecule has 1 aliphatic heterocycles. The van der Waals surface area contributed by atoms with Gasteiger partial charge >= 0.3 is 0 Å². The number of benzene rings is 1. The minimum Gasteiger partial charge on any atom is -0.386 e. The van der Waals surface area contributed by atoms with Crippen molar-refractivity contribution in [3.63, 3.8) is 0 Å². The van der Waals surface area contributed by atoms with Gasteiger partial charge in [-0.2, -0.15) is 0 Å². The first-order valence-corrected chi connectivity index (χ1v) is 8.80. The maximum atomic E-state index is 13.6. The number of nitrogens with one attached hydrogen (secondary N) is 1. The number of piperidine rings is 1. The molecule has 6 nitrogen and oxygen atoms in total. The van der Waals surface area contributed by atoms with Gasteiger partial charge in [0.15, 0.2) is 0 Å². The van der Waals surface area contributed by atoms with Crippen molar-refractivity contribution in [2.75, 3.05) is 24.5 Å². The van der Waals surface area contributed by atoms with Crippen LogP contribution < -0.4 is 10.2 Å². The van der Waals surface area contributed by atoms with E-state index in [1.807, 2.05) is 4.90 Å². The molecule has 2 N–H and O–H groups in total. The largest absolute Gasteiger partial charge is 0.386 e. The van der Waals surface area contributed by atoms with Crippen LogP contribution in [0.25, 0.3) is 0 Å². The molecule has 138 valence electrons. The molecule has 0 bridgehead atoms. The van der Waals surface area contributed by atoms with E-state index in [2.05, 4.69) is 15.3 Å². The van der Waals surface area contributed by atoms with Crippen molar-refractivity contribution >= 4 is 11.9 Å². The Bertz CT molecular complexity index is 743. The molecule has 1 saturated heterocycles. The topological polar surface area (TPSA) is 78.4 Å². The molecule has 0 saturated carbocycles. The molecular weight excluding hydrogens is 335 g/mol. The average Bonchev–Trinajstić information content (AvgIpc) is 2.67. The summed E-state index contributed by atoms with van der Waals surface area (Å²) in [5.74, 6) is 0.0796. The summed E-state index contributed by atoms with van der Waals surface area (Å²) in [6.07, 6.45) is 5.24. The fraction of sp³-hybridized carbons (Fsp3) is 0.421. The Hall–Kier alpha value is -2.54. The molecule has 7 heteroatoms. The van der Waals surface area contributed by atoms with Crippen LogP contribution in [0, 0.1) is 5.82 Å². The molecule has 1 amide bonds. The summed E-state index contributed by atoms with van der Waals surface area (Å²) in [5, 5.41) is 13.6. The molecule has 0 aliphatic carbocycles. The molecule has 0 spiro atoms. The van der Waals surface area contributed by atoms with E-state index in [0.29, 0.717) is 30.9 Å². The predicted octanol–water partition coefficient (Wildman–Crippen LogP) is 1.70. The predicted molar refractivity (Wildman–Crippen MR) is 96.2 cm³/mol. The van der Waals surface area contributed by atoms with E-state index in [1.165, 1.54) is 6.07 Å². The number of aliphatic hydroxyl groups is 1. The Balaban J connectivity index is 1.50. The highest BCUT2D eigenvalue weighted by Crippen LogP contribution is 2.23. The van der Waals surface area contributed by atoms with Gasteiger partial charge in [-0.15, -0.1) is 0 Å². The SMILES string of the molecule is O=C(CCc1ccccc1F)NC[C@@]1(O)CCCN(c2ncccn2)C1. The number of aromatic nitrogens is 2. The van der Waals surface area contributed by atoms with Gasteiger partial charge in [0.1, 0.15) is 5.82 Å². The second-order valence-corrected chi connectivity index (χ2v) is 6.67. The normalized spacial score (nSPS) is 20.0. The van der Waals surface area contributed by atoms with Crippen LogP contribution in [0.1, 0.15) is 24.8 Å². The van der Waals surface area contributed by atoms with Gasteiger partial charge < -0.3 is 15.3 Å². The van der Waals surface area contributed by atoms with Crippen molar-refractivity contribution in [2.24, 2.45) is 0 Å². The quantitative estimate of drug-likeness (QED) is 0.822. The third-order valence-electron chi connectivity index (χ3n) is 4.58. The Morgan fingerprint density at radius 2 is 2.04 bits per heavy atom. The lowest BCUT2D eigenvalue weighted by atomic mass is 9.93. The fourth-order valence-corrected chi connectivity index (χ4v) is 3.18. The van der Waals surface area contributed by atoms with Crippen molar-refractivity contribution in [3.8, 4) is 0 Å². The monoisotopic (exact) mass is 358 g/mol. The highest BCUT2D eigenvalue weighted by molar-refractivity contribution is 5.76. The molecule has 2 heterocycles. The van der Waals surface area contributed by atoms with E-state index in [-0.39, 0.29) is 24.7 Å². The molecule has 3 rings (SSSR count). The van der Waals surface area contributed by atoms with Gasteiger partial charge in [-0.1, -0.05) is 18.2 Å². The minimum absolute atomic E-state index is 0.159. The van der Waals surface area contributed by atoms with Gasteiger partial charge in [0.2, 0.25) is 11.9 Å². The zero-order valence-corrected chi connectivity index (χ0v) is 14.6. The van der Waals surface area contributed by atoms with Crippen LogP contribution >= 0.6 is 0 Å². The molecule has 26 heavy (non-hydrogen) atoms. The standard InChI is InChI=1S/C19H23FN4O2/c20-16-6-2-1-5-15(16)7-8-17(25)23-13-19(26)9-3-12-24(14-19)18-21-10-4-11-22-18/h1-2,4-6,10-11,26H,3,7-9,12-14H2,(H,23,25)/t19-/m0/s1.